The lowest BCUT2D eigenvalue weighted by Gasteiger charge is -2.29. The van der Waals surface area contributed by atoms with E-state index in [1.54, 1.807) is 0 Å². The highest BCUT2D eigenvalue weighted by Gasteiger charge is 2.49. The zero-order chi connectivity index (χ0) is 15.1. The van der Waals surface area contributed by atoms with E-state index < -0.39 is 18.7 Å². The molecule has 1 aliphatic heterocycles. The van der Waals surface area contributed by atoms with Gasteiger partial charge in [-0.25, -0.2) is 4.79 Å². The Morgan fingerprint density at radius 3 is 2.20 bits per heavy atom. The third kappa shape index (κ3) is 3.60. The van der Waals surface area contributed by atoms with Gasteiger partial charge in [-0.1, -0.05) is 6.92 Å². The first-order chi connectivity index (χ1) is 9.62. The maximum atomic E-state index is 12.4. The Bertz CT molecular complexity index is 302. The Labute approximate surface area is 120 Å². The van der Waals surface area contributed by atoms with Crippen LogP contribution < -0.4 is 0 Å². The van der Waals surface area contributed by atoms with Crippen LogP contribution in [-0.4, -0.2) is 66.2 Å². The van der Waals surface area contributed by atoms with Crippen LogP contribution in [0, 0.1) is 0 Å². The summed E-state index contributed by atoms with van der Waals surface area (Å²) in [6.07, 6.45) is -1.66. The first-order valence-corrected chi connectivity index (χ1v) is 7.20. The Kier molecular flexibility index (Phi) is 7.22. The van der Waals surface area contributed by atoms with Gasteiger partial charge >= 0.3 is 6.03 Å². The van der Waals surface area contributed by atoms with Crippen LogP contribution in [0.1, 0.15) is 34.1 Å². The van der Waals surface area contributed by atoms with Gasteiger partial charge in [-0.15, -0.1) is 0 Å². The quantitative estimate of drug-likeness (QED) is 0.690. The van der Waals surface area contributed by atoms with Gasteiger partial charge in [0.1, 0.15) is 13.0 Å². The number of aliphatic hydroxyl groups excluding tert-OH is 1. The molecule has 118 valence electrons. The zero-order valence-electron chi connectivity index (χ0n) is 12.7. The number of hydrogen-bond acceptors (Lipinski definition) is 5. The summed E-state index contributed by atoms with van der Waals surface area (Å²) in [6, 6.07) is -0.329. The third-order valence-electron chi connectivity index (χ3n) is 3.09. The molecule has 3 unspecified atom stereocenters. The highest BCUT2D eigenvalue weighted by Crippen LogP contribution is 2.27. The molecule has 0 spiro atoms. The SMILES string of the molecule is CCOCN1C(=O)N(C(O)CC)C(OCC)C1OCC. The number of hydrogen-bond donors (Lipinski definition) is 1. The Hall–Kier alpha value is -0.890. The number of carbonyl (C=O) groups is 1. The number of carbonyl (C=O) groups excluding carboxylic acids is 1. The number of nitrogens with zero attached hydrogens (tertiary/aromatic N) is 2. The van der Waals surface area contributed by atoms with E-state index in [-0.39, 0.29) is 12.8 Å². The molecule has 1 N–H and O–H groups in total. The molecular formula is C13H26N2O5. The van der Waals surface area contributed by atoms with Gasteiger partial charge in [-0.2, -0.15) is 0 Å². The van der Waals surface area contributed by atoms with Crippen molar-refractivity contribution in [2.45, 2.75) is 52.8 Å². The van der Waals surface area contributed by atoms with Crippen molar-refractivity contribution < 1.29 is 24.1 Å². The standard InChI is InChI=1S/C13H26N2O5/c1-5-10(16)15-12(20-8-4)11(19-7-3)14(13(15)17)9-18-6-2/h10-12,16H,5-9H2,1-4H3. The summed E-state index contributed by atoms with van der Waals surface area (Å²) < 4.78 is 16.5. The summed E-state index contributed by atoms with van der Waals surface area (Å²) in [4.78, 5) is 15.2. The van der Waals surface area contributed by atoms with E-state index in [2.05, 4.69) is 0 Å². The monoisotopic (exact) mass is 290 g/mol. The maximum Gasteiger partial charge on any atom is 0.328 e. The molecular weight excluding hydrogens is 264 g/mol. The Morgan fingerprint density at radius 2 is 1.70 bits per heavy atom. The lowest BCUT2D eigenvalue weighted by Crippen LogP contribution is -2.45. The average Bonchev–Trinajstić information content (AvgIpc) is 2.69. The second-order valence-electron chi connectivity index (χ2n) is 4.36. The summed E-state index contributed by atoms with van der Waals surface area (Å²) in [5.74, 6) is 0. The van der Waals surface area contributed by atoms with Crippen molar-refractivity contribution in [3.05, 3.63) is 0 Å². The van der Waals surface area contributed by atoms with Crippen molar-refractivity contribution in [3.63, 3.8) is 0 Å². The summed E-state index contributed by atoms with van der Waals surface area (Å²) >= 11 is 0. The molecule has 0 aromatic heterocycles. The molecule has 0 aromatic rings. The van der Waals surface area contributed by atoms with Crippen molar-refractivity contribution >= 4 is 6.03 Å². The molecule has 7 heteroatoms. The highest BCUT2D eigenvalue weighted by atomic mass is 16.6. The van der Waals surface area contributed by atoms with Gasteiger partial charge in [-0.3, -0.25) is 9.80 Å². The van der Waals surface area contributed by atoms with Gasteiger partial charge < -0.3 is 19.3 Å². The summed E-state index contributed by atoms with van der Waals surface area (Å²) in [7, 11) is 0. The van der Waals surface area contributed by atoms with Crippen molar-refractivity contribution in [2.75, 3.05) is 26.6 Å². The van der Waals surface area contributed by atoms with Crippen LogP contribution in [0.2, 0.25) is 0 Å². The lowest BCUT2D eigenvalue weighted by atomic mass is 10.3. The first kappa shape index (κ1) is 17.2. The molecule has 0 saturated carbocycles. The molecule has 0 bridgehead atoms. The molecule has 20 heavy (non-hydrogen) atoms. The Morgan fingerprint density at radius 1 is 1.10 bits per heavy atom. The Balaban J connectivity index is 2.95. The third-order valence-corrected chi connectivity index (χ3v) is 3.09. The largest absolute Gasteiger partial charge is 0.373 e. The second kappa shape index (κ2) is 8.41. The number of rotatable bonds is 9. The molecule has 0 aromatic carbocycles. The average molecular weight is 290 g/mol. The fourth-order valence-electron chi connectivity index (χ4n) is 2.15. The fraction of sp³-hybridized carbons (Fsp3) is 0.923. The van der Waals surface area contributed by atoms with Gasteiger partial charge in [0.25, 0.3) is 0 Å². The van der Waals surface area contributed by atoms with Crippen molar-refractivity contribution in [2.24, 2.45) is 0 Å². The van der Waals surface area contributed by atoms with Crippen molar-refractivity contribution in [1.29, 1.82) is 0 Å². The fourth-order valence-corrected chi connectivity index (χ4v) is 2.15. The molecule has 1 rings (SSSR count). The first-order valence-electron chi connectivity index (χ1n) is 7.20. The van der Waals surface area contributed by atoms with Crippen LogP contribution in [0.4, 0.5) is 4.79 Å². The molecule has 0 aliphatic carbocycles. The number of urea groups is 1. The maximum absolute atomic E-state index is 12.4. The van der Waals surface area contributed by atoms with Crippen molar-refractivity contribution in [1.82, 2.24) is 9.80 Å². The molecule has 2 amide bonds. The van der Waals surface area contributed by atoms with Crippen LogP contribution in [0.25, 0.3) is 0 Å². The van der Waals surface area contributed by atoms with Crippen LogP contribution in [-0.2, 0) is 14.2 Å². The summed E-state index contributed by atoms with van der Waals surface area (Å²) in [5.41, 5.74) is 0. The number of aliphatic hydroxyl groups is 1. The smallest absolute Gasteiger partial charge is 0.328 e. The second-order valence-corrected chi connectivity index (χ2v) is 4.36. The van der Waals surface area contributed by atoms with E-state index in [1.807, 2.05) is 27.7 Å². The van der Waals surface area contributed by atoms with E-state index in [0.29, 0.717) is 26.2 Å². The van der Waals surface area contributed by atoms with E-state index in [1.165, 1.54) is 9.80 Å². The van der Waals surface area contributed by atoms with Crippen LogP contribution in [0.5, 0.6) is 0 Å². The molecule has 1 saturated heterocycles. The highest BCUT2D eigenvalue weighted by molar-refractivity contribution is 5.77. The summed E-state index contributed by atoms with van der Waals surface area (Å²) in [5, 5.41) is 10.1. The summed E-state index contributed by atoms with van der Waals surface area (Å²) in [6.45, 7) is 8.85. The topological polar surface area (TPSA) is 71.5 Å². The van der Waals surface area contributed by atoms with Crippen molar-refractivity contribution in [3.8, 4) is 0 Å². The number of amides is 2. The molecule has 1 aliphatic rings. The number of ether oxygens (including phenoxy) is 3. The predicted octanol–water partition coefficient (Wildman–Crippen LogP) is 1.17. The van der Waals surface area contributed by atoms with Gasteiger partial charge in [0.2, 0.25) is 0 Å². The molecule has 0 radical (unpaired) electrons. The van der Waals surface area contributed by atoms with E-state index >= 15 is 0 Å². The minimum Gasteiger partial charge on any atom is -0.373 e. The molecule has 1 fully saturated rings. The molecule has 7 nitrogen and oxygen atoms in total. The molecule has 1 heterocycles. The molecule has 3 atom stereocenters. The minimum absolute atomic E-state index is 0.122. The van der Waals surface area contributed by atoms with Crippen LogP contribution >= 0.6 is 0 Å². The van der Waals surface area contributed by atoms with Crippen LogP contribution in [0.3, 0.4) is 0 Å². The van der Waals surface area contributed by atoms with Gasteiger partial charge in [0.15, 0.2) is 12.5 Å². The van der Waals surface area contributed by atoms with Gasteiger partial charge in [-0.05, 0) is 27.2 Å². The predicted molar refractivity (Wildman–Crippen MR) is 72.7 cm³/mol. The normalized spacial score (nSPS) is 24.6. The van der Waals surface area contributed by atoms with Gasteiger partial charge in [0.05, 0.1) is 0 Å². The van der Waals surface area contributed by atoms with E-state index in [0.717, 1.165) is 0 Å². The van der Waals surface area contributed by atoms with Crippen LogP contribution in [0.15, 0.2) is 0 Å². The van der Waals surface area contributed by atoms with E-state index in [9.17, 15) is 9.90 Å². The van der Waals surface area contributed by atoms with Gasteiger partial charge in [0, 0.05) is 19.8 Å². The minimum atomic E-state index is -0.895. The van der Waals surface area contributed by atoms with E-state index in [4.69, 9.17) is 14.2 Å². The zero-order valence-corrected chi connectivity index (χ0v) is 12.7. The lowest BCUT2D eigenvalue weighted by molar-refractivity contribution is -0.165.